The quantitative estimate of drug-likeness (QED) is 0.756. The van der Waals surface area contributed by atoms with Crippen LogP contribution in [0.15, 0.2) is 18.2 Å². The minimum Gasteiger partial charge on any atom is -0.494 e. The summed E-state index contributed by atoms with van der Waals surface area (Å²) in [5.74, 6) is 0.803. The first-order chi connectivity index (χ1) is 10.0. The Bertz CT molecular complexity index is 872. The predicted molar refractivity (Wildman–Crippen MR) is 85.5 cm³/mol. The van der Waals surface area contributed by atoms with Crippen molar-refractivity contribution >= 4 is 23.3 Å². The lowest BCUT2D eigenvalue weighted by Gasteiger charge is -2.06. The van der Waals surface area contributed by atoms with E-state index in [1.807, 2.05) is 36.9 Å². The summed E-state index contributed by atoms with van der Waals surface area (Å²) in [6.45, 7) is 4.81. The lowest BCUT2D eigenvalue weighted by Crippen LogP contribution is -2.02. The van der Waals surface area contributed by atoms with E-state index in [9.17, 15) is 0 Å². The molecule has 0 spiro atoms. The molecule has 0 aliphatic rings. The summed E-state index contributed by atoms with van der Waals surface area (Å²) < 4.78 is 10.1. The minimum atomic E-state index is 0.692. The Balaban J connectivity index is 2.17. The zero-order chi connectivity index (χ0) is 15.1. The Kier molecular flexibility index (Phi) is 3.33. The number of aromatic nitrogens is 4. The van der Waals surface area contributed by atoms with Gasteiger partial charge in [0.05, 0.1) is 24.9 Å². The van der Waals surface area contributed by atoms with Crippen molar-refractivity contribution in [1.29, 1.82) is 0 Å². The van der Waals surface area contributed by atoms with Gasteiger partial charge in [0.15, 0.2) is 4.77 Å². The summed E-state index contributed by atoms with van der Waals surface area (Å²) in [5.41, 5.74) is 5.38. The van der Waals surface area contributed by atoms with Crippen LogP contribution < -0.4 is 4.74 Å². The molecular formula is C15H18N4OS. The zero-order valence-electron chi connectivity index (χ0n) is 12.6. The molecule has 3 rings (SSSR count). The largest absolute Gasteiger partial charge is 0.494 e. The number of ether oxygens (including phenoxy) is 1. The number of para-hydroxylation sites is 1. The van der Waals surface area contributed by atoms with Crippen LogP contribution in [-0.2, 0) is 13.6 Å². The standard InChI is InChI=1S/C15H18N4OS/c1-9-11(10(2)18(3)17-9)8-19-12-6-5-7-13(20-4)14(12)16-15(19)21/h5-7H,8H2,1-4H3,(H,16,21). The summed E-state index contributed by atoms with van der Waals surface area (Å²) in [4.78, 5) is 3.24. The molecule has 0 saturated heterocycles. The van der Waals surface area contributed by atoms with Gasteiger partial charge in [-0.3, -0.25) is 4.68 Å². The number of imidazole rings is 1. The van der Waals surface area contributed by atoms with Crippen molar-refractivity contribution in [2.75, 3.05) is 7.11 Å². The first-order valence-electron chi connectivity index (χ1n) is 6.77. The average molecular weight is 302 g/mol. The number of aromatic amines is 1. The molecule has 0 aliphatic carbocycles. The van der Waals surface area contributed by atoms with E-state index in [0.29, 0.717) is 11.3 Å². The highest BCUT2D eigenvalue weighted by Gasteiger charge is 2.14. The van der Waals surface area contributed by atoms with Gasteiger partial charge in [-0.25, -0.2) is 0 Å². The third-order valence-electron chi connectivity index (χ3n) is 3.97. The fraction of sp³-hybridized carbons (Fsp3) is 0.333. The van der Waals surface area contributed by atoms with Crippen LogP contribution in [0.4, 0.5) is 0 Å². The SMILES string of the molecule is COc1cccc2c1[nH]c(=S)n2Cc1c(C)nn(C)c1C. The number of hydrogen-bond donors (Lipinski definition) is 1. The molecule has 0 unspecified atom stereocenters. The molecular weight excluding hydrogens is 284 g/mol. The van der Waals surface area contributed by atoms with E-state index in [1.54, 1.807) is 7.11 Å². The van der Waals surface area contributed by atoms with Gasteiger partial charge in [-0.2, -0.15) is 5.10 Å². The molecule has 2 aromatic heterocycles. The van der Waals surface area contributed by atoms with E-state index in [0.717, 1.165) is 28.2 Å². The van der Waals surface area contributed by atoms with E-state index in [1.165, 1.54) is 5.56 Å². The summed E-state index contributed by atoms with van der Waals surface area (Å²) >= 11 is 5.48. The van der Waals surface area contributed by atoms with Crippen molar-refractivity contribution in [3.8, 4) is 5.75 Å². The number of benzene rings is 1. The van der Waals surface area contributed by atoms with Crippen molar-refractivity contribution < 1.29 is 4.74 Å². The number of nitrogens with zero attached hydrogens (tertiary/aromatic N) is 3. The van der Waals surface area contributed by atoms with Crippen LogP contribution >= 0.6 is 12.2 Å². The van der Waals surface area contributed by atoms with E-state index in [-0.39, 0.29) is 0 Å². The number of H-pyrrole nitrogens is 1. The number of nitrogens with one attached hydrogen (secondary N) is 1. The molecule has 0 saturated carbocycles. The molecule has 0 aliphatic heterocycles. The van der Waals surface area contributed by atoms with Gasteiger partial charge in [-0.1, -0.05) is 6.07 Å². The molecule has 3 aromatic rings. The third kappa shape index (κ3) is 2.15. The van der Waals surface area contributed by atoms with Crippen molar-refractivity contribution in [3.63, 3.8) is 0 Å². The van der Waals surface area contributed by atoms with Crippen LogP contribution in [0.1, 0.15) is 17.0 Å². The van der Waals surface area contributed by atoms with E-state index in [4.69, 9.17) is 17.0 Å². The van der Waals surface area contributed by atoms with Crippen LogP contribution in [0.25, 0.3) is 11.0 Å². The zero-order valence-corrected chi connectivity index (χ0v) is 13.4. The molecule has 0 radical (unpaired) electrons. The molecule has 1 aromatic carbocycles. The Labute approximate surface area is 128 Å². The number of rotatable bonds is 3. The summed E-state index contributed by atoms with van der Waals surface area (Å²) in [7, 11) is 3.63. The maximum atomic E-state index is 5.48. The van der Waals surface area contributed by atoms with E-state index in [2.05, 4.69) is 21.6 Å². The fourth-order valence-electron chi connectivity index (χ4n) is 2.69. The van der Waals surface area contributed by atoms with Crippen molar-refractivity contribution in [2.45, 2.75) is 20.4 Å². The highest BCUT2D eigenvalue weighted by atomic mass is 32.1. The summed E-state index contributed by atoms with van der Waals surface area (Å²) in [6.07, 6.45) is 0. The van der Waals surface area contributed by atoms with Crippen LogP contribution in [0.5, 0.6) is 5.75 Å². The second-order valence-corrected chi connectivity index (χ2v) is 5.53. The molecule has 0 bridgehead atoms. The average Bonchev–Trinajstić information content (AvgIpc) is 2.90. The van der Waals surface area contributed by atoms with E-state index < -0.39 is 0 Å². The second kappa shape index (κ2) is 5.04. The minimum absolute atomic E-state index is 0.692. The first kappa shape index (κ1) is 13.9. The first-order valence-corrected chi connectivity index (χ1v) is 7.18. The van der Waals surface area contributed by atoms with Crippen LogP contribution in [0, 0.1) is 18.6 Å². The van der Waals surface area contributed by atoms with Crippen molar-refractivity contribution in [3.05, 3.63) is 39.9 Å². The Morgan fingerprint density at radius 2 is 2.10 bits per heavy atom. The number of methoxy groups -OCH3 is 1. The lowest BCUT2D eigenvalue weighted by molar-refractivity contribution is 0.419. The van der Waals surface area contributed by atoms with Gasteiger partial charge in [0.25, 0.3) is 0 Å². The molecule has 0 fully saturated rings. The van der Waals surface area contributed by atoms with Gasteiger partial charge in [0.1, 0.15) is 11.3 Å². The molecule has 6 heteroatoms. The van der Waals surface area contributed by atoms with Gasteiger partial charge in [-0.15, -0.1) is 0 Å². The maximum Gasteiger partial charge on any atom is 0.178 e. The topological polar surface area (TPSA) is 47.8 Å². The molecule has 21 heavy (non-hydrogen) atoms. The Morgan fingerprint density at radius 1 is 1.33 bits per heavy atom. The number of aryl methyl sites for hydroxylation is 2. The van der Waals surface area contributed by atoms with Crippen LogP contribution in [-0.4, -0.2) is 26.4 Å². The molecule has 110 valence electrons. The predicted octanol–water partition coefficient (Wildman–Crippen LogP) is 3.11. The van der Waals surface area contributed by atoms with Gasteiger partial charge in [0, 0.05) is 18.3 Å². The fourth-order valence-corrected chi connectivity index (χ4v) is 2.95. The Morgan fingerprint density at radius 3 is 2.71 bits per heavy atom. The van der Waals surface area contributed by atoms with Gasteiger partial charge in [0.2, 0.25) is 0 Å². The maximum absolute atomic E-state index is 5.48. The summed E-state index contributed by atoms with van der Waals surface area (Å²) in [6, 6.07) is 5.95. The highest BCUT2D eigenvalue weighted by Crippen LogP contribution is 2.26. The van der Waals surface area contributed by atoms with Crippen LogP contribution in [0.3, 0.4) is 0 Å². The van der Waals surface area contributed by atoms with Gasteiger partial charge < -0.3 is 14.3 Å². The molecule has 0 amide bonds. The third-order valence-corrected chi connectivity index (χ3v) is 4.29. The highest BCUT2D eigenvalue weighted by molar-refractivity contribution is 7.71. The number of fused-ring (bicyclic) bond motifs is 1. The van der Waals surface area contributed by atoms with Gasteiger partial charge >= 0.3 is 0 Å². The van der Waals surface area contributed by atoms with E-state index >= 15 is 0 Å². The summed E-state index contributed by atoms with van der Waals surface area (Å²) in [5, 5.41) is 4.47. The monoisotopic (exact) mass is 302 g/mol. The van der Waals surface area contributed by atoms with Crippen molar-refractivity contribution in [1.82, 2.24) is 19.3 Å². The molecule has 2 heterocycles. The Hall–Kier alpha value is -2.08. The number of hydrogen-bond acceptors (Lipinski definition) is 3. The lowest BCUT2D eigenvalue weighted by atomic mass is 10.2. The molecule has 0 atom stereocenters. The molecule has 5 nitrogen and oxygen atoms in total. The molecule has 1 N–H and O–H groups in total. The normalized spacial score (nSPS) is 11.2. The second-order valence-electron chi connectivity index (χ2n) is 5.14. The van der Waals surface area contributed by atoms with Crippen molar-refractivity contribution in [2.24, 2.45) is 7.05 Å². The van der Waals surface area contributed by atoms with Crippen LogP contribution in [0.2, 0.25) is 0 Å². The smallest absolute Gasteiger partial charge is 0.178 e. The van der Waals surface area contributed by atoms with Gasteiger partial charge in [-0.05, 0) is 38.2 Å².